The number of likely N-dealkylation sites (N-methyl/N-ethyl adjacent to an activating group) is 1. The van der Waals surface area contributed by atoms with Gasteiger partial charge in [0.1, 0.15) is 24.2 Å². The van der Waals surface area contributed by atoms with Crippen molar-refractivity contribution in [3.05, 3.63) is 24.3 Å². The number of aliphatic hydroxyl groups excluding tert-OH is 1. The molecule has 4 heteroatoms. The second-order valence-corrected chi connectivity index (χ2v) is 3.20. The van der Waals surface area contributed by atoms with Crippen LogP contribution in [-0.2, 0) is 0 Å². The summed E-state index contributed by atoms with van der Waals surface area (Å²) in [5.74, 6) is 1.52. The Labute approximate surface area is 89.8 Å². The third-order valence-electron chi connectivity index (χ3n) is 1.94. The molecule has 0 radical (unpaired) electrons. The van der Waals surface area contributed by atoms with E-state index in [9.17, 15) is 5.11 Å². The normalized spacial score (nSPS) is 12.2. The fourth-order valence-electron chi connectivity index (χ4n) is 1.16. The van der Waals surface area contributed by atoms with Gasteiger partial charge < -0.3 is 19.9 Å². The molecule has 0 amide bonds. The summed E-state index contributed by atoms with van der Waals surface area (Å²) >= 11 is 0. The molecular formula is C11H17NO3. The van der Waals surface area contributed by atoms with Gasteiger partial charge in [-0.25, -0.2) is 0 Å². The number of ether oxygens (including phenoxy) is 2. The molecule has 1 aromatic rings. The molecule has 0 bridgehead atoms. The minimum absolute atomic E-state index is 0.285. The molecule has 0 saturated heterocycles. The molecule has 1 rings (SSSR count). The highest BCUT2D eigenvalue weighted by Crippen LogP contribution is 2.16. The molecular weight excluding hydrogens is 194 g/mol. The quantitative estimate of drug-likeness (QED) is 0.725. The smallest absolute Gasteiger partial charge is 0.119 e. The average Bonchev–Trinajstić information content (AvgIpc) is 2.27. The molecule has 0 heterocycles. The summed E-state index contributed by atoms with van der Waals surface area (Å²) in [6.07, 6.45) is -0.489. The Balaban J connectivity index is 2.37. The predicted molar refractivity (Wildman–Crippen MR) is 58.4 cm³/mol. The van der Waals surface area contributed by atoms with E-state index < -0.39 is 6.10 Å². The van der Waals surface area contributed by atoms with E-state index in [1.54, 1.807) is 14.2 Å². The first kappa shape index (κ1) is 11.8. The van der Waals surface area contributed by atoms with Crippen molar-refractivity contribution in [1.29, 1.82) is 0 Å². The summed E-state index contributed by atoms with van der Waals surface area (Å²) in [6.45, 7) is 0.809. The Kier molecular flexibility index (Phi) is 4.93. The third-order valence-corrected chi connectivity index (χ3v) is 1.94. The zero-order valence-electron chi connectivity index (χ0n) is 9.06. The molecule has 0 aromatic heterocycles. The van der Waals surface area contributed by atoms with Crippen LogP contribution in [0.1, 0.15) is 0 Å². The number of aliphatic hydroxyl groups is 1. The SMILES string of the molecule is CNC[C@@H](O)COc1ccc(OC)cc1. The first-order chi connectivity index (χ1) is 7.26. The van der Waals surface area contributed by atoms with Gasteiger partial charge in [0, 0.05) is 6.54 Å². The van der Waals surface area contributed by atoms with Gasteiger partial charge in [-0.2, -0.15) is 0 Å². The van der Waals surface area contributed by atoms with Gasteiger partial charge in [0.05, 0.1) is 7.11 Å². The zero-order chi connectivity index (χ0) is 11.1. The highest BCUT2D eigenvalue weighted by atomic mass is 16.5. The van der Waals surface area contributed by atoms with Crippen molar-refractivity contribution in [3.63, 3.8) is 0 Å². The van der Waals surface area contributed by atoms with Gasteiger partial charge in [0.2, 0.25) is 0 Å². The van der Waals surface area contributed by atoms with E-state index in [4.69, 9.17) is 9.47 Å². The second kappa shape index (κ2) is 6.27. The Bertz CT molecular complexity index is 274. The van der Waals surface area contributed by atoms with Crippen molar-refractivity contribution in [2.24, 2.45) is 0 Å². The van der Waals surface area contributed by atoms with Gasteiger partial charge in [-0.1, -0.05) is 0 Å². The summed E-state index contributed by atoms with van der Waals surface area (Å²) < 4.78 is 10.4. The van der Waals surface area contributed by atoms with E-state index in [1.807, 2.05) is 24.3 Å². The molecule has 0 saturated carbocycles. The van der Waals surface area contributed by atoms with Crippen LogP contribution in [0.5, 0.6) is 11.5 Å². The van der Waals surface area contributed by atoms with Crippen LogP contribution in [0.4, 0.5) is 0 Å². The largest absolute Gasteiger partial charge is 0.497 e. The summed E-state index contributed by atoms with van der Waals surface area (Å²) in [6, 6.07) is 7.26. The van der Waals surface area contributed by atoms with Gasteiger partial charge >= 0.3 is 0 Å². The van der Waals surface area contributed by atoms with Crippen LogP contribution >= 0.6 is 0 Å². The molecule has 1 aromatic carbocycles. The van der Waals surface area contributed by atoms with Crippen LogP contribution in [0.15, 0.2) is 24.3 Å². The molecule has 2 N–H and O–H groups in total. The van der Waals surface area contributed by atoms with Crippen LogP contribution in [0, 0.1) is 0 Å². The van der Waals surface area contributed by atoms with Gasteiger partial charge in [0.15, 0.2) is 0 Å². The molecule has 0 aliphatic rings. The standard InChI is InChI=1S/C11H17NO3/c1-12-7-9(13)8-15-11-5-3-10(14-2)4-6-11/h3-6,9,12-13H,7-8H2,1-2H3/t9-/m1/s1. The van der Waals surface area contributed by atoms with Crippen molar-refractivity contribution in [2.75, 3.05) is 27.3 Å². The Morgan fingerprint density at radius 1 is 1.27 bits per heavy atom. The lowest BCUT2D eigenvalue weighted by Gasteiger charge is -2.11. The zero-order valence-corrected chi connectivity index (χ0v) is 9.06. The van der Waals surface area contributed by atoms with E-state index in [1.165, 1.54) is 0 Å². The Morgan fingerprint density at radius 2 is 1.87 bits per heavy atom. The van der Waals surface area contributed by atoms with E-state index in [0.29, 0.717) is 6.54 Å². The lowest BCUT2D eigenvalue weighted by molar-refractivity contribution is 0.108. The minimum Gasteiger partial charge on any atom is -0.497 e. The van der Waals surface area contributed by atoms with Crippen LogP contribution in [0.25, 0.3) is 0 Å². The van der Waals surface area contributed by atoms with Gasteiger partial charge in [-0.15, -0.1) is 0 Å². The predicted octanol–water partition coefficient (Wildman–Crippen LogP) is 0.654. The van der Waals surface area contributed by atoms with Crippen molar-refractivity contribution >= 4 is 0 Å². The number of hydrogen-bond acceptors (Lipinski definition) is 4. The van der Waals surface area contributed by atoms with Crippen molar-refractivity contribution in [3.8, 4) is 11.5 Å². The highest BCUT2D eigenvalue weighted by molar-refractivity contribution is 5.31. The van der Waals surface area contributed by atoms with Crippen molar-refractivity contribution in [1.82, 2.24) is 5.32 Å². The second-order valence-electron chi connectivity index (χ2n) is 3.20. The number of benzene rings is 1. The van der Waals surface area contributed by atoms with Crippen LogP contribution in [0.3, 0.4) is 0 Å². The molecule has 0 aliphatic heterocycles. The van der Waals surface area contributed by atoms with E-state index in [0.717, 1.165) is 11.5 Å². The molecule has 15 heavy (non-hydrogen) atoms. The molecule has 0 unspecified atom stereocenters. The average molecular weight is 211 g/mol. The Hall–Kier alpha value is -1.26. The summed E-state index contributed by atoms with van der Waals surface area (Å²) in [5.41, 5.74) is 0. The minimum atomic E-state index is -0.489. The third kappa shape index (κ3) is 4.18. The first-order valence-electron chi connectivity index (χ1n) is 4.85. The van der Waals surface area contributed by atoms with Crippen LogP contribution in [-0.4, -0.2) is 38.5 Å². The van der Waals surface area contributed by atoms with Crippen molar-refractivity contribution in [2.45, 2.75) is 6.10 Å². The van der Waals surface area contributed by atoms with Crippen LogP contribution in [0.2, 0.25) is 0 Å². The maximum atomic E-state index is 9.40. The summed E-state index contributed by atoms with van der Waals surface area (Å²) in [7, 11) is 3.41. The molecule has 0 spiro atoms. The molecule has 0 aliphatic carbocycles. The molecule has 84 valence electrons. The van der Waals surface area contributed by atoms with Gasteiger partial charge in [-0.3, -0.25) is 0 Å². The first-order valence-corrected chi connectivity index (χ1v) is 4.85. The maximum absolute atomic E-state index is 9.40. The number of methoxy groups -OCH3 is 1. The van der Waals surface area contributed by atoms with Gasteiger partial charge in [-0.05, 0) is 31.3 Å². The fraction of sp³-hybridized carbons (Fsp3) is 0.455. The number of nitrogens with one attached hydrogen (secondary N) is 1. The van der Waals surface area contributed by atoms with Crippen LogP contribution < -0.4 is 14.8 Å². The topological polar surface area (TPSA) is 50.7 Å². The number of hydrogen-bond donors (Lipinski definition) is 2. The monoisotopic (exact) mass is 211 g/mol. The van der Waals surface area contributed by atoms with Crippen molar-refractivity contribution < 1.29 is 14.6 Å². The summed E-state index contributed by atoms with van der Waals surface area (Å²) in [4.78, 5) is 0. The lowest BCUT2D eigenvalue weighted by Crippen LogP contribution is -2.29. The maximum Gasteiger partial charge on any atom is 0.119 e. The Morgan fingerprint density at radius 3 is 2.40 bits per heavy atom. The molecule has 1 atom stereocenters. The van der Waals surface area contributed by atoms with E-state index in [2.05, 4.69) is 5.32 Å². The molecule has 0 fully saturated rings. The van der Waals surface area contributed by atoms with E-state index in [-0.39, 0.29) is 6.61 Å². The highest BCUT2D eigenvalue weighted by Gasteiger charge is 2.03. The fourth-order valence-corrected chi connectivity index (χ4v) is 1.16. The van der Waals surface area contributed by atoms with Gasteiger partial charge in [0.25, 0.3) is 0 Å². The number of rotatable bonds is 6. The van der Waals surface area contributed by atoms with E-state index >= 15 is 0 Å². The lowest BCUT2D eigenvalue weighted by atomic mass is 10.3. The molecule has 4 nitrogen and oxygen atoms in total. The summed E-state index contributed by atoms with van der Waals surface area (Å²) in [5, 5.41) is 12.3.